The lowest BCUT2D eigenvalue weighted by Gasteiger charge is -2.10. The highest BCUT2D eigenvalue weighted by Crippen LogP contribution is 2.67. The van der Waals surface area contributed by atoms with Gasteiger partial charge in [-0.3, -0.25) is 0 Å². The van der Waals surface area contributed by atoms with E-state index in [-0.39, 0.29) is 0 Å². The fourth-order valence-corrected chi connectivity index (χ4v) is 2.44. The van der Waals surface area contributed by atoms with Crippen molar-refractivity contribution in [3.05, 3.63) is 24.8 Å². The van der Waals surface area contributed by atoms with Gasteiger partial charge in [0.25, 0.3) is 0 Å². The molecule has 0 aromatic rings. The monoisotopic (exact) mass is 134 g/mol. The Morgan fingerprint density at radius 2 is 2.50 bits per heavy atom. The molecule has 0 saturated heterocycles. The molecule has 2 saturated carbocycles. The molecular weight excluding hydrogens is 120 g/mol. The van der Waals surface area contributed by atoms with Gasteiger partial charge in [-0.2, -0.15) is 0 Å². The van der Waals surface area contributed by atoms with E-state index in [0.717, 1.165) is 5.92 Å². The molecule has 0 aliphatic heterocycles. The summed E-state index contributed by atoms with van der Waals surface area (Å²) in [5.74, 6) is 0.984. The minimum atomic E-state index is 0.557. The zero-order chi connectivity index (χ0) is 7.19. The van der Waals surface area contributed by atoms with Crippen LogP contribution in [0.4, 0.5) is 0 Å². The molecule has 2 aliphatic carbocycles. The highest BCUT2D eigenvalue weighted by molar-refractivity contribution is 5.29. The van der Waals surface area contributed by atoms with Crippen molar-refractivity contribution in [3.63, 3.8) is 0 Å². The molecule has 54 valence electrons. The Hall–Kier alpha value is -0.520. The predicted molar refractivity (Wildman–Crippen MR) is 43.7 cm³/mol. The van der Waals surface area contributed by atoms with Crippen molar-refractivity contribution < 1.29 is 0 Å². The number of rotatable bonds is 2. The minimum Gasteiger partial charge on any atom is -0.103 e. The molecule has 0 spiro atoms. The second-order valence-corrected chi connectivity index (χ2v) is 3.69. The first-order valence-electron chi connectivity index (χ1n) is 4.09. The number of fused-ring (bicyclic) bond motifs is 1. The van der Waals surface area contributed by atoms with Crippen LogP contribution in [0.3, 0.4) is 0 Å². The summed E-state index contributed by atoms with van der Waals surface area (Å²) in [7, 11) is 0. The molecule has 0 bridgehead atoms. The second-order valence-electron chi connectivity index (χ2n) is 3.69. The molecule has 2 atom stereocenters. The van der Waals surface area contributed by atoms with Gasteiger partial charge in [0.05, 0.1) is 0 Å². The van der Waals surface area contributed by atoms with E-state index in [1.54, 1.807) is 0 Å². The van der Waals surface area contributed by atoms with Crippen molar-refractivity contribution in [2.24, 2.45) is 11.3 Å². The molecule has 0 aromatic heterocycles. The third-order valence-corrected chi connectivity index (χ3v) is 3.24. The molecule has 0 N–H and O–H groups in total. The summed E-state index contributed by atoms with van der Waals surface area (Å²) in [6, 6.07) is 0. The van der Waals surface area contributed by atoms with E-state index in [1.807, 2.05) is 0 Å². The highest BCUT2D eigenvalue weighted by atomic mass is 14.6. The van der Waals surface area contributed by atoms with Gasteiger partial charge in [0.2, 0.25) is 0 Å². The molecule has 0 heteroatoms. The molecule has 2 fully saturated rings. The van der Waals surface area contributed by atoms with Crippen LogP contribution in [0.1, 0.15) is 25.7 Å². The molecule has 0 heterocycles. The van der Waals surface area contributed by atoms with E-state index >= 15 is 0 Å². The van der Waals surface area contributed by atoms with Crippen LogP contribution in [0.5, 0.6) is 0 Å². The molecule has 0 nitrogen and oxygen atoms in total. The lowest BCUT2D eigenvalue weighted by molar-refractivity contribution is 0.602. The Morgan fingerprint density at radius 1 is 1.70 bits per heavy atom. The summed E-state index contributed by atoms with van der Waals surface area (Å²) in [5.41, 5.74) is 2.05. The molecule has 0 radical (unpaired) electrons. The standard InChI is InChI=1S/C10H14/c1-3-6-10-7-9(10)5-4-8(10)2/h3,9H,1-2,4-7H2. The average Bonchev–Trinajstić information content (AvgIpc) is 2.53. The molecule has 2 aliphatic rings. The zero-order valence-electron chi connectivity index (χ0n) is 6.40. The summed E-state index contributed by atoms with van der Waals surface area (Å²) in [6.45, 7) is 7.91. The summed E-state index contributed by atoms with van der Waals surface area (Å²) in [4.78, 5) is 0. The maximum atomic E-state index is 4.12. The molecule has 2 rings (SSSR count). The topological polar surface area (TPSA) is 0 Å². The third kappa shape index (κ3) is 0.570. The Labute approximate surface area is 62.6 Å². The van der Waals surface area contributed by atoms with Crippen LogP contribution in [0.25, 0.3) is 0 Å². The fraction of sp³-hybridized carbons (Fsp3) is 0.600. The lowest BCUT2D eigenvalue weighted by atomic mass is 9.95. The van der Waals surface area contributed by atoms with Crippen molar-refractivity contribution >= 4 is 0 Å². The molecule has 0 amide bonds. The van der Waals surface area contributed by atoms with Gasteiger partial charge in [-0.15, -0.1) is 6.58 Å². The van der Waals surface area contributed by atoms with Gasteiger partial charge in [0.1, 0.15) is 0 Å². The number of hydrogen-bond acceptors (Lipinski definition) is 0. The average molecular weight is 134 g/mol. The van der Waals surface area contributed by atoms with Crippen LogP contribution in [-0.2, 0) is 0 Å². The Bertz CT molecular complexity index is 190. The second kappa shape index (κ2) is 1.75. The van der Waals surface area contributed by atoms with Crippen molar-refractivity contribution in [3.8, 4) is 0 Å². The lowest BCUT2D eigenvalue weighted by Crippen LogP contribution is -1.98. The molecule has 0 aromatic carbocycles. The van der Waals surface area contributed by atoms with Crippen LogP contribution in [0, 0.1) is 11.3 Å². The highest BCUT2D eigenvalue weighted by Gasteiger charge is 2.57. The van der Waals surface area contributed by atoms with Crippen LogP contribution < -0.4 is 0 Å². The van der Waals surface area contributed by atoms with Crippen LogP contribution >= 0.6 is 0 Å². The van der Waals surface area contributed by atoms with E-state index in [1.165, 1.54) is 31.3 Å². The number of hydrogen-bond donors (Lipinski definition) is 0. The van der Waals surface area contributed by atoms with E-state index < -0.39 is 0 Å². The maximum Gasteiger partial charge on any atom is -0.00248 e. The predicted octanol–water partition coefficient (Wildman–Crippen LogP) is 2.92. The van der Waals surface area contributed by atoms with Crippen molar-refractivity contribution in [1.29, 1.82) is 0 Å². The summed E-state index contributed by atoms with van der Waals surface area (Å²) in [6.07, 6.45) is 7.30. The SMILES string of the molecule is C=CCC12CC1CCC2=C. The maximum absolute atomic E-state index is 4.12. The summed E-state index contributed by atoms with van der Waals surface area (Å²) < 4.78 is 0. The van der Waals surface area contributed by atoms with Gasteiger partial charge >= 0.3 is 0 Å². The van der Waals surface area contributed by atoms with Gasteiger partial charge < -0.3 is 0 Å². The Balaban J connectivity index is 2.16. The molecule has 10 heavy (non-hydrogen) atoms. The Kier molecular flexibility index (Phi) is 1.08. The van der Waals surface area contributed by atoms with E-state index in [4.69, 9.17) is 0 Å². The van der Waals surface area contributed by atoms with Gasteiger partial charge in [0, 0.05) is 0 Å². The zero-order valence-corrected chi connectivity index (χ0v) is 6.40. The van der Waals surface area contributed by atoms with Crippen LogP contribution in [-0.4, -0.2) is 0 Å². The van der Waals surface area contributed by atoms with Gasteiger partial charge in [0.15, 0.2) is 0 Å². The van der Waals surface area contributed by atoms with E-state index in [0.29, 0.717) is 5.41 Å². The first kappa shape index (κ1) is 6.21. The Morgan fingerprint density at radius 3 is 2.90 bits per heavy atom. The van der Waals surface area contributed by atoms with E-state index in [9.17, 15) is 0 Å². The first-order chi connectivity index (χ1) is 4.79. The van der Waals surface area contributed by atoms with Gasteiger partial charge in [-0.25, -0.2) is 0 Å². The van der Waals surface area contributed by atoms with E-state index in [2.05, 4.69) is 19.2 Å². The van der Waals surface area contributed by atoms with Crippen molar-refractivity contribution in [1.82, 2.24) is 0 Å². The number of allylic oxidation sites excluding steroid dienone is 2. The smallest absolute Gasteiger partial charge is 0.00248 e. The molecular formula is C10H14. The minimum absolute atomic E-state index is 0.557. The fourth-order valence-electron chi connectivity index (χ4n) is 2.44. The normalized spacial score (nSPS) is 43.2. The molecule has 2 unspecified atom stereocenters. The van der Waals surface area contributed by atoms with Crippen molar-refractivity contribution in [2.75, 3.05) is 0 Å². The summed E-state index contributed by atoms with van der Waals surface area (Å²) in [5, 5.41) is 0. The van der Waals surface area contributed by atoms with Gasteiger partial charge in [-0.05, 0) is 37.0 Å². The largest absolute Gasteiger partial charge is 0.103 e. The third-order valence-electron chi connectivity index (χ3n) is 3.24. The van der Waals surface area contributed by atoms with Crippen molar-refractivity contribution in [2.45, 2.75) is 25.7 Å². The van der Waals surface area contributed by atoms with Crippen LogP contribution in [0.2, 0.25) is 0 Å². The van der Waals surface area contributed by atoms with Gasteiger partial charge in [-0.1, -0.05) is 18.2 Å². The quantitative estimate of drug-likeness (QED) is 0.509. The first-order valence-corrected chi connectivity index (χ1v) is 4.09. The van der Waals surface area contributed by atoms with Crippen LogP contribution in [0.15, 0.2) is 24.8 Å². The summed E-state index contributed by atoms with van der Waals surface area (Å²) >= 11 is 0.